The van der Waals surface area contributed by atoms with Crippen molar-refractivity contribution in [3.63, 3.8) is 0 Å². The van der Waals surface area contributed by atoms with E-state index in [1.54, 1.807) is 29.9 Å². The van der Waals surface area contributed by atoms with Crippen LogP contribution in [0.3, 0.4) is 0 Å². The van der Waals surface area contributed by atoms with Crippen LogP contribution in [0.25, 0.3) is 0 Å². The van der Waals surface area contributed by atoms with Crippen molar-refractivity contribution in [2.24, 2.45) is 13.0 Å². The summed E-state index contributed by atoms with van der Waals surface area (Å²) in [6.07, 6.45) is 0. The Morgan fingerprint density at radius 2 is 1.82 bits per heavy atom. The van der Waals surface area contributed by atoms with Crippen LogP contribution in [-0.4, -0.2) is 41.5 Å². The number of benzene rings is 1. The topological polar surface area (TPSA) is 84.3 Å². The van der Waals surface area contributed by atoms with Gasteiger partial charge in [0.2, 0.25) is 15.9 Å². The Balaban J connectivity index is 2.21. The molecule has 154 valence electrons. The van der Waals surface area contributed by atoms with Gasteiger partial charge in [0.05, 0.1) is 17.1 Å². The second-order valence-electron chi connectivity index (χ2n) is 8.34. The minimum atomic E-state index is -3.76. The summed E-state index contributed by atoms with van der Waals surface area (Å²) in [6, 6.07) is 9.99. The smallest absolute Gasteiger partial charge is 0.243 e. The quantitative estimate of drug-likeness (QED) is 0.766. The van der Waals surface area contributed by atoms with Gasteiger partial charge in [0.15, 0.2) is 0 Å². The third-order valence-electron chi connectivity index (χ3n) is 4.19. The average Bonchev–Trinajstić information content (AvgIpc) is 2.95. The fourth-order valence-electron chi connectivity index (χ4n) is 2.69. The van der Waals surface area contributed by atoms with Crippen LogP contribution in [0.2, 0.25) is 0 Å². The zero-order chi connectivity index (χ0) is 21.1. The molecule has 0 bridgehead atoms. The van der Waals surface area contributed by atoms with Gasteiger partial charge in [-0.1, -0.05) is 52.8 Å². The Labute approximate surface area is 167 Å². The maximum absolute atomic E-state index is 13.0. The van der Waals surface area contributed by atoms with E-state index in [1.165, 1.54) is 16.4 Å². The van der Waals surface area contributed by atoms with Crippen molar-refractivity contribution in [1.29, 1.82) is 0 Å². The second-order valence-corrected chi connectivity index (χ2v) is 10.3. The molecule has 1 amide bonds. The molecule has 0 spiro atoms. The van der Waals surface area contributed by atoms with E-state index < -0.39 is 15.9 Å². The van der Waals surface area contributed by atoms with Crippen molar-refractivity contribution in [1.82, 2.24) is 14.1 Å². The lowest BCUT2D eigenvalue weighted by Crippen LogP contribution is -2.40. The fourth-order valence-corrected chi connectivity index (χ4v) is 4.27. The summed E-state index contributed by atoms with van der Waals surface area (Å²) in [6.45, 7) is 9.95. The molecular weight excluding hydrogens is 376 g/mol. The zero-order valence-corrected chi connectivity index (χ0v) is 18.2. The van der Waals surface area contributed by atoms with Crippen LogP contribution in [0.15, 0.2) is 41.3 Å². The number of anilines is 1. The Hall–Kier alpha value is -2.19. The van der Waals surface area contributed by atoms with E-state index in [1.807, 2.05) is 40.7 Å². The molecule has 1 aromatic heterocycles. The summed E-state index contributed by atoms with van der Waals surface area (Å²) in [5.41, 5.74) is 0.697. The van der Waals surface area contributed by atoms with Crippen molar-refractivity contribution < 1.29 is 13.2 Å². The summed E-state index contributed by atoms with van der Waals surface area (Å²) in [7, 11) is -2.01. The molecule has 0 radical (unpaired) electrons. The number of amides is 1. The molecule has 0 atom stereocenters. The van der Waals surface area contributed by atoms with Gasteiger partial charge in [0.25, 0.3) is 0 Å². The molecule has 0 unspecified atom stereocenters. The SMILES string of the molecule is CC(C)CN(CC(=O)Nc1cc(C(C)(C)C)nn1C)S(=O)(=O)c1ccccc1. The monoisotopic (exact) mass is 406 g/mol. The predicted molar refractivity (Wildman–Crippen MR) is 111 cm³/mol. The minimum Gasteiger partial charge on any atom is -0.310 e. The number of nitrogens with one attached hydrogen (secondary N) is 1. The minimum absolute atomic E-state index is 0.0792. The van der Waals surface area contributed by atoms with Gasteiger partial charge in [0.1, 0.15) is 5.82 Å². The van der Waals surface area contributed by atoms with Crippen LogP contribution in [-0.2, 0) is 27.3 Å². The summed E-state index contributed by atoms with van der Waals surface area (Å²) < 4.78 is 28.8. The zero-order valence-electron chi connectivity index (χ0n) is 17.4. The molecule has 1 N–H and O–H groups in total. The molecule has 2 rings (SSSR count). The van der Waals surface area contributed by atoms with Gasteiger partial charge >= 0.3 is 0 Å². The van der Waals surface area contributed by atoms with Crippen LogP contribution in [0, 0.1) is 5.92 Å². The number of carbonyl (C=O) groups is 1. The number of carbonyl (C=O) groups excluding carboxylic acids is 1. The molecule has 0 saturated carbocycles. The first-order valence-corrected chi connectivity index (χ1v) is 10.7. The fraction of sp³-hybridized carbons (Fsp3) is 0.500. The van der Waals surface area contributed by atoms with Crippen LogP contribution in [0.5, 0.6) is 0 Å². The molecule has 1 aromatic carbocycles. The van der Waals surface area contributed by atoms with Gasteiger partial charge in [-0.15, -0.1) is 0 Å². The summed E-state index contributed by atoms with van der Waals surface area (Å²) >= 11 is 0. The highest BCUT2D eigenvalue weighted by molar-refractivity contribution is 7.89. The van der Waals surface area contributed by atoms with Gasteiger partial charge in [0, 0.05) is 25.1 Å². The van der Waals surface area contributed by atoms with Crippen LogP contribution >= 0.6 is 0 Å². The molecule has 2 aromatic rings. The third-order valence-corrected chi connectivity index (χ3v) is 6.01. The van der Waals surface area contributed by atoms with Crippen molar-refractivity contribution in [2.45, 2.75) is 44.9 Å². The highest BCUT2D eigenvalue weighted by atomic mass is 32.2. The first kappa shape index (κ1) is 22.1. The Bertz CT molecular complexity index is 913. The molecule has 0 aliphatic heterocycles. The first-order valence-electron chi connectivity index (χ1n) is 9.31. The number of aryl methyl sites for hydroxylation is 1. The summed E-state index contributed by atoms with van der Waals surface area (Å²) in [4.78, 5) is 12.8. The molecule has 28 heavy (non-hydrogen) atoms. The van der Waals surface area contributed by atoms with E-state index in [4.69, 9.17) is 0 Å². The van der Waals surface area contributed by atoms with Crippen molar-refractivity contribution >= 4 is 21.7 Å². The molecule has 1 heterocycles. The van der Waals surface area contributed by atoms with E-state index in [0.717, 1.165) is 5.69 Å². The normalized spacial score (nSPS) is 12.6. The standard InChI is InChI=1S/C20H30N4O3S/c1-15(2)13-24(28(26,27)16-10-8-7-9-11-16)14-19(25)21-18-12-17(20(3,4)5)22-23(18)6/h7-12,15H,13-14H2,1-6H3,(H,21,25). The highest BCUT2D eigenvalue weighted by Gasteiger charge is 2.28. The Kier molecular flexibility index (Phi) is 6.67. The summed E-state index contributed by atoms with van der Waals surface area (Å²) in [5, 5.41) is 7.21. The number of hydrogen-bond acceptors (Lipinski definition) is 4. The van der Waals surface area contributed by atoms with Crippen LogP contribution < -0.4 is 5.32 Å². The van der Waals surface area contributed by atoms with E-state index in [9.17, 15) is 13.2 Å². The number of sulfonamides is 1. The lowest BCUT2D eigenvalue weighted by molar-refractivity contribution is -0.116. The highest BCUT2D eigenvalue weighted by Crippen LogP contribution is 2.23. The maximum atomic E-state index is 13.0. The number of hydrogen-bond donors (Lipinski definition) is 1. The third kappa shape index (κ3) is 5.42. The predicted octanol–water partition coefficient (Wildman–Crippen LogP) is 3.00. The lowest BCUT2D eigenvalue weighted by atomic mass is 9.92. The average molecular weight is 407 g/mol. The van der Waals surface area contributed by atoms with Crippen LogP contribution in [0.4, 0.5) is 5.82 Å². The molecule has 0 fully saturated rings. The molecule has 7 nitrogen and oxygen atoms in total. The Morgan fingerprint density at radius 1 is 1.21 bits per heavy atom. The molecule has 8 heteroatoms. The van der Waals surface area contributed by atoms with E-state index in [2.05, 4.69) is 10.4 Å². The molecule has 0 saturated heterocycles. The van der Waals surface area contributed by atoms with Crippen molar-refractivity contribution in [3.05, 3.63) is 42.1 Å². The van der Waals surface area contributed by atoms with Gasteiger partial charge in [-0.05, 0) is 18.1 Å². The van der Waals surface area contributed by atoms with E-state index in [0.29, 0.717) is 5.82 Å². The van der Waals surface area contributed by atoms with Crippen molar-refractivity contribution in [2.75, 3.05) is 18.4 Å². The van der Waals surface area contributed by atoms with Crippen molar-refractivity contribution in [3.8, 4) is 0 Å². The van der Waals surface area contributed by atoms with Gasteiger partial charge in [-0.3, -0.25) is 9.48 Å². The van der Waals surface area contributed by atoms with Crippen LogP contribution in [0.1, 0.15) is 40.3 Å². The van der Waals surface area contributed by atoms with Gasteiger partial charge in [-0.2, -0.15) is 9.40 Å². The van der Waals surface area contributed by atoms with E-state index in [-0.39, 0.29) is 29.3 Å². The number of nitrogens with zero attached hydrogens (tertiary/aromatic N) is 3. The number of aromatic nitrogens is 2. The lowest BCUT2D eigenvalue weighted by Gasteiger charge is -2.23. The van der Waals surface area contributed by atoms with Gasteiger partial charge < -0.3 is 5.32 Å². The maximum Gasteiger partial charge on any atom is 0.243 e. The summed E-state index contributed by atoms with van der Waals surface area (Å²) in [5.74, 6) is 0.218. The van der Waals surface area contributed by atoms with Gasteiger partial charge in [-0.25, -0.2) is 8.42 Å². The largest absolute Gasteiger partial charge is 0.310 e. The van der Waals surface area contributed by atoms with E-state index >= 15 is 0 Å². The molecule has 0 aliphatic rings. The molecule has 0 aliphatic carbocycles. The number of rotatable bonds is 7. The second kappa shape index (κ2) is 8.45. The molecular formula is C20H30N4O3S. The first-order chi connectivity index (χ1) is 12.9. The Morgan fingerprint density at radius 3 is 2.32 bits per heavy atom.